The number of benzene rings is 1. The maximum absolute atomic E-state index is 12.8. The quantitative estimate of drug-likeness (QED) is 0.857. The topological polar surface area (TPSA) is 49.3 Å². The van der Waals surface area contributed by atoms with Crippen LogP contribution in [0.2, 0.25) is 5.02 Å². The molecule has 0 aromatic heterocycles. The van der Waals surface area contributed by atoms with E-state index >= 15 is 0 Å². The molecule has 16 heavy (non-hydrogen) atoms. The van der Waals surface area contributed by atoms with Crippen LogP contribution in [0.15, 0.2) is 18.2 Å². The summed E-state index contributed by atoms with van der Waals surface area (Å²) in [4.78, 5) is 10.8. The third kappa shape index (κ3) is 3.18. The van der Waals surface area contributed by atoms with E-state index in [1.807, 2.05) is 0 Å². The standard InChI is InChI=1S/C11H13ClFNO2/c1-11(2,10(15)16)14-6-7-3-4-8(13)5-9(7)12/h3-5,14H,6H2,1-2H3,(H,15,16). The Hall–Kier alpha value is -1.13. The van der Waals surface area contributed by atoms with Crippen LogP contribution in [0.25, 0.3) is 0 Å². The minimum Gasteiger partial charge on any atom is -0.480 e. The summed E-state index contributed by atoms with van der Waals surface area (Å²) in [5.41, 5.74) is -0.380. The lowest BCUT2D eigenvalue weighted by molar-refractivity contribution is -0.143. The Morgan fingerprint density at radius 3 is 2.69 bits per heavy atom. The number of hydrogen-bond donors (Lipinski definition) is 2. The highest BCUT2D eigenvalue weighted by atomic mass is 35.5. The van der Waals surface area contributed by atoms with Crippen molar-refractivity contribution in [2.24, 2.45) is 0 Å². The molecule has 88 valence electrons. The summed E-state index contributed by atoms with van der Waals surface area (Å²) in [6.07, 6.45) is 0. The molecule has 1 aromatic carbocycles. The van der Waals surface area contributed by atoms with Crippen LogP contribution in [0.4, 0.5) is 4.39 Å². The second-order valence-corrected chi connectivity index (χ2v) is 4.43. The van der Waals surface area contributed by atoms with Gasteiger partial charge in [0.05, 0.1) is 0 Å². The van der Waals surface area contributed by atoms with Gasteiger partial charge in [0.25, 0.3) is 0 Å². The van der Waals surface area contributed by atoms with Crippen molar-refractivity contribution in [2.75, 3.05) is 0 Å². The van der Waals surface area contributed by atoms with Gasteiger partial charge in [-0.15, -0.1) is 0 Å². The first-order chi connectivity index (χ1) is 7.33. The maximum Gasteiger partial charge on any atom is 0.323 e. The molecule has 0 unspecified atom stereocenters. The summed E-state index contributed by atoms with van der Waals surface area (Å²) in [5.74, 6) is -1.36. The molecule has 0 aliphatic heterocycles. The van der Waals surface area contributed by atoms with Gasteiger partial charge in [-0.1, -0.05) is 17.7 Å². The Labute approximate surface area is 98.2 Å². The second kappa shape index (κ2) is 4.80. The lowest BCUT2D eigenvalue weighted by atomic mass is 10.1. The zero-order chi connectivity index (χ0) is 12.3. The fourth-order valence-electron chi connectivity index (χ4n) is 1.06. The van der Waals surface area contributed by atoms with Crippen LogP contribution in [0.1, 0.15) is 19.4 Å². The van der Waals surface area contributed by atoms with E-state index in [2.05, 4.69) is 5.32 Å². The number of aliphatic carboxylic acids is 1. The summed E-state index contributed by atoms with van der Waals surface area (Å²) in [7, 11) is 0. The summed E-state index contributed by atoms with van der Waals surface area (Å²) < 4.78 is 12.8. The number of hydrogen-bond acceptors (Lipinski definition) is 2. The van der Waals surface area contributed by atoms with Crippen molar-refractivity contribution >= 4 is 17.6 Å². The minimum absolute atomic E-state index is 0.276. The average molecular weight is 246 g/mol. The number of rotatable bonds is 4. The molecule has 3 nitrogen and oxygen atoms in total. The molecule has 0 bridgehead atoms. The zero-order valence-corrected chi connectivity index (χ0v) is 9.81. The van der Waals surface area contributed by atoms with E-state index in [4.69, 9.17) is 16.7 Å². The van der Waals surface area contributed by atoms with Gasteiger partial charge in [-0.25, -0.2) is 4.39 Å². The van der Waals surface area contributed by atoms with Crippen LogP contribution in [0.5, 0.6) is 0 Å². The van der Waals surface area contributed by atoms with E-state index < -0.39 is 17.3 Å². The lowest BCUT2D eigenvalue weighted by Gasteiger charge is -2.21. The number of carboxylic acid groups (broad SMARTS) is 1. The first-order valence-corrected chi connectivity index (χ1v) is 5.13. The van der Waals surface area contributed by atoms with Crippen molar-refractivity contribution in [2.45, 2.75) is 25.9 Å². The second-order valence-electron chi connectivity index (χ2n) is 4.02. The van der Waals surface area contributed by atoms with Crippen molar-refractivity contribution in [1.82, 2.24) is 5.32 Å². The Bertz CT molecular complexity index is 407. The van der Waals surface area contributed by atoms with Gasteiger partial charge >= 0.3 is 5.97 Å². The highest BCUT2D eigenvalue weighted by Crippen LogP contribution is 2.17. The molecule has 0 atom stereocenters. The van der Waals surface area contributed by atoms with Crippen LogP contribution in [0, 0.1) is 5.82 Å². The van der Waals surface area contributed by atoms with Crippen molar-refractivity contribution in [1.29, 1.82) is 0 Å². The predicted octanol–water partition coefficient (Wildman–Crippen LogP) is 2.43. The van der Waals surface area contributed by atoms with E-state index in [-0.39, 0.29) is 11.6 Å². The SMILES string of the molecule is CC(C)(NCc1ccc(F)cc1Cl)C(=O)O. The molecule has 0 fully saturated rings. The number of carbonyl (C=O) groups is 1. The lowest BCUT2D eigenvalue weighted by Crippen LogP contribution is -2.46. The third-order valence-electron chi connectivity index (χ3n) is 2.27. The minimum atomic E-state index is -1.04. The van der Waals surface area contributed by atoms with Crippen molar-refractivity contribution in [3.63, 3.8) is 0 Å². The summed E-state index contributed by atoms with van der Waals surface area (Å²) >= 11 is 5.81. The van der Waals surface area contributed by atoms with E-state index in [0.717, 1.165) is 0 Å². The molecular formula is C11H13ClFNO2. The molecule has 0 saturated heterocycles. The van der Waals surface area contributed by atoms with Crippen LogP contribution in [-0.4, -0.2) is 16.6 Å². The van der Waals surface area contributed by atoms with Crippen molar-refractivity contribution < 1.29 is 14.3 Å². The molecule has 1 aromatic rings. The fraction of sp³-hybridized carbons (Fsp3) is 0.364. The Morgan fingerprint density at radius 2 is 2.19 bits per heavy atom. The molecule has 2 N–H and O–H groups in total. The normalized spacial score (nSPS) is 11.5. The number of carboxylic acids is 1. The molecule has 1 rings (SSSR count). The highest BCUT2D eigenvalue weighted by molar-refractivity contribution is 6.31. The molecule has 0 heterocycles. The third-order valence-corrected chi connectivity index (χ3v) is 2.62. The van der Waals surface area contributed by atoms with Crippen LogP contribution >= 0.6 is 11.6 Å². The molecular weight excluding hydrogens is 233 g/mol. The molecule has 0 spiro atoms. The first-order valence-electron chi connectivity index (χ1n) is 4.75. The number of nitrogens with one attached hydrogen (secondary N) is 1. The summed E-state index contributed by atoms with van der Waals surface area (Å²) in [6, 6.07) is 4.02. The highest BCUT2D eigenvalue weighted by Gasteiger charge is 2.26. The molecule has 5 heteroatoms. The number of halogens is 2. The van der Waals surface area contributed by atoms with Crippen LogP contribution in [-0.2, 0) is 11.3 Å². The Morgan fingerprint density at radius 1 is 1.56 bits per heavy atom. The zero-order valence-electron chi connectivity index (χ0n) is 9.05. The monoisotopic (exact) mass is 245 g/mol. The summed E-state index contributed by atoms with van der Waals surface area (Å²) in [6.45, 7) is 3.37. The predicted molar refractivity (Wildman–Crippen MR) is 60.0 cm³/mol. The molecule has 0 saturated carbocycles. The van der Waals surface area contributed by atoms with Gasteiger partial charge in [-0.2, -0.15) is 0 Å². The average Bonchev–Trinajstić information content (AvgIpc) is 2.16. The van der Waals surface area contributed by atoms with Gasteiger partial charge in [0.2, 0.25) is 0 Å². The fourth-order valence-corrected chi connectivity index (χ4v) is 1.29. The van der Waals surface area contributed by atoms with E-state index in [1.165, 1.54) is 18.2 Å². The maximum atomic E-state index is 12.8. The van der Waals surface area contributed by atoms with Gasteiger partial charge in [-0.05, 0) is 31.5 Å². The Balaban J connectivity index is 2.72. The smallest absolute Gasteiger partial charge is 0.323 e. The van der Waals surface area contributed by atoms with Crippen LogP contribution < -0.4 is 5.32 Å². The molecule has 0 aliphatic carbocycles. The van der Waals surface area contributed by atoms with E-state index in [9.17, 15) is 9.18 Å². The Kier molecular flexibility index (Phi) is 3.88. The van der Waals surface area contributed by atoms with Gasteiger partial charge < -0.3 is 5.11 Å². The molecule has 0 aliphatic rings. The van der Waals surface area contributed by atoms with Crippen molar-refractivity contribution in [3.8, 4) is 0 Å². The van der Waals surface area contributed by atoms with Gasteiger partial charge in [0, 0.05) is 11.6 Å². The van der Waals surface area contributed by atoms with Gasteiger partial charge in [-0.3, -0.25) is 10.1 Å². The largest absolute Gasteiger partial charge is 0.480 e. The molecule has 0 radical (unpaired) electrons. The van der Waals surface area contributed by atoms with Crippen molar-refractivity contribution in [3.05, 3.63) is 34.6 Å². The summed E-state index contributed by atoms with van der Waals surface area (Å²) in [5, 5.41) is 12.0. The van der Waals surface area contributed by atoms with Gasteiger partial charge in [0.15, 0.2) is 0 Å². The first kappa shape index (κ1) is 12.9. The van der Waals surface area contributed by atoms with Crippen LogP contribution in [0.3, 0.4) is 0 Å². The van der Waals surface area contributed by atoms with E-state index in [0.29, 0.717) is 5.56 Å². The van der Waals surface area contributed by atoms with Gasteiger partial charge in [0.1, 0.15) is 11.4 Å². The van der Waals surface area contributed by atoms with E-state index in [1.54, 1.807) is 13.8 Å². The molecule has 0 amide bonds.